The second-order valence-electron chi connectivity index (χ2n) is 9.04. The lowest BCUT2D eigenvalue weighted by Crippen LogP contribution is -2.42. The number of carbonyl (C=O) groups is 1. The first-order valence-electron chi connectivity index (χ1n) is 10.5. The summed E-state index contributed by atoms with van der Waals surface area (Å²) in [6.45, 7) is 3.95. The van der Waals surface area contributed by atoms with Crippen molar-refractivity contribution in [2.24, 2.45) is 11.1 Å². The topological polar surface area (TPSA) is 79.3 Å². The van der Waals surface area contributed by atoms with Crippen LogP contribution in [0.4, 0.5) is 18.9 Å². The minimum atomic E-state index is -4.81. The lowest BCUT2D eigenvalue weighted by Gasteiger charge is -2.44. The van der Waals surface area contributed by atoms with Gasteiger partial charge in [0.2, 0.25) is 0 Å². The summed E-state index contributed by atoms with van der Waals surface area (Å²) in [5.74, 6) is -0.980. The summed E-state index contributed by atoms with van der Waals surface area (Å²) in [6, 6.07) is 14.7. The molecule has 0 spiro atoms. The van der Waals surface area contributed by atoms with Crippen LogP contribution in [0.3, 0.4) is 0 Å². The normalized spacial score (nSPS) is 20.2. The highest BCUT2D eigenvalue weighted by molar-refractivity contribution is 9.10. The molecule has 1 aliphatic carbocycles. The summed E-state index contributed by atoms with van der Waals surface area (Å²) in [6.07, 6.45) is -4.02. The first kappa shape index (κ1) is 23.9. The van der Waals surface area contributed by atoms with Gasteiger partial charge in [0.1, 0.15) is 11.6 Å². The van der Waals surface area contributed by atoms with Gasteiger partial charge in [-0.05, 0) is 47.7 Å². The Bertz CT molecular complexity index is 1260. The second-order valence-corrected chi connectivity index (χ2v) is 9.90. The van der Waals surface area contributed by atoms with E-state index in [0.29, 0.717) is 29.8 Å². The molecule has 0 aromatic heterocycles. The highest BCUT2D eigenvalue weighted by atomic mass is 79.9. The highest BCUT2D eigenvalue weighted by Gasteiger charge is 2.45. The molecular weight excluding hydrogens is 511 g/mol. The predicted octanol–water partition coefficient (Wildman–Crippen LogP) is 6.29. The number of nitrogens with zero attached hydrogens (tertiary/aromatic N) is 2. The predicted molar refractivity (Wildman–Crippen MR) is 124 cm³/mol. The van der Waals surface area contributed by atoms with Gasteiger partial charge in [0.25, 0.3) is 0 Å². The van der Waals surface area contributed by atoms with Gasteiger partial charge >= 0.3 is 6.36 Å². The average molecular weight is 532 g/mol. The molecule has 0 amide bonds. The monoisotopic (exact) mass is 531 g/mol. The van der Waals surface area contributed by atoms with E-state index in [1.807, 2.05) is 38.1 Å². The molecule has 4 rings (SSSR count). The number of Topliss-reactive ketones (excluding diaryl/α,β-unsaturated/α-hetero) is 1. The Morgan fingerprint density at radius 2 is 1.79 bits per heavy atom. The maximum Gasteiger partial charge on any atom is 0.573 e. The third-order valence-electron chi connectivity index (χ3n) is 5.93. The molecule has 2 aliphatic rings. The molecule has 1 heterocycles. The number of ether oxygens (including phenoxy) is 1. The van der Waals surface area contributed by atoms with Crippen molar-refractivity contribution in [1.82, 2.24) is 0 Å². The highest BCUT2D eigenvalue weighted by Crippen LogP contribution is 2.51. The van der Waals surface area contributed by atoms with Crippen LogP contribution in [0.1, 0.15) is 38.2 Å². The van der Waals surface area contributed by atoms with Gasteiger partial charge in [-0.3, -0.25) is 9.69 Å². The van der Waals surface area contributed by atoms with Gasteiger partial charge in [0.15, 0.2) is 5.78 Å². The zero-order valence-electron chi connectivity index (χ0n) is 18.4. The Labute approximate surface area is 203 Å². The molecule has 9 heteroatoms. The van der Waals surface area contributed by atoms with Crippen molar-refractivity contribution in [2.45, 2.75) is 39.0 Å². The zero-order chi connectivity index (χ0) is 24.8. The molecule has 0 bridgehead atoms. The van der Waals surface area contributed by atoms with E-state index in [0.717, 1.165) is 10.0 Å². The van der Waals surface area contributed by atoms with Gasteiger partial charge in [-0.2, -0.15) is 5.26 Å². The number of halogens is 4. The van der Waals surface area contributed by atoms with Gasteiger partial charge in [0.05, 0.1) is 17.6 Å². The van der Waals surface area contributed by atoms with Gasteiger partial charge < -0.3 is 10.5 Å². The third-order valence-corrected chi connectivity index (χ3v) is 6.65. The number of allylic oxidation sites excluding steroid dienone is 3. The van der Waals surface area contributed by atoms with Crippen LogP contribution in [0, 0.1) is 16.7 Å². The number of hydrogen-bond donors (Lipinski definition) is 1. The number of alkyl halides is 3. The summed E-state index contributed by atoms with van der Waals surface area (Å²) in [7, 11) is 0. The average Bonchev–Trinajstić information content (AvgIpc) is 2.72. The van der Waals surface area contributed by atoms with Crippen molar-refractivity contribution in [1.29, 1.82) is 5.26 Å². The number of nitriles is 1. The van der Waals surface area contributed by atoms with E-state index in [2.05, 4.69) is 26.7 Å². The van der Waals surface area contributed by atoms with E-state index >= 15 is 0 Å². The molecule has 1 unspecified atom stereocenters. The van der Waals surface area contributed by atoms with Gasteiger partial charge in [-0.1, -0.05) is 48.0 Å². The molecular formula is C25H21BrF3N3O2. The molecule has 2 aromatic carbocycles. The number of anilines is 1. The Morgan fingerprint density at radius 3 is 2.38 bits per heavy atom. The molecule has 1 atom stereocenters. The van der Waals surface area contributed by atoms with Gasteiger partial charge in [-0.15, -0.1) is 13.2 Å². The summed E-state index contributed by atoms with van der Waals surface area (Å²) >= 11 is 3.53. The largest absolute Gasteiger partial charge is 0.573 e. The minimum absolute atomic E-state index is 0.0886. The van der Waals surface area contributed by atoms with Gasteiger partial charge in [0, 0.05) is 27.9 Å². The zero-order valence-corrected chi connectivity index (χ0v) is 20.0. The number of ketones is 1. The number of carbonyl (C=O) groups excluding carboxylic acids is 1. The maximum absolute atomic E-state index is 13.5. The number of benzene rings is 2. The first-order valence-corrected chi connectivity index (χ1v) is 11.3. The Morgan fingerprint density at radius 1 is 1.15 bits per heavy atom. The van der Waals surface area contributed by atoms with Crippen molar-refractivity contribution >= 4 is 27.4 Å². The molecule has 0 saturated heterocycles. The molecule has 0 fully saturated rings. The van der Waals surface area contributed by atoms with Crippen molar-refractivity contribution in [3.05, 3.63) is 81.2 Å². The lowest BCUT2D eigenvalue weighted by molar-refractivity contribution is -0.274. The fraction of sp³-hybridized carbons (Fsp3) is 0.280. The molecule has 176 valence electrons. The van der Waals surface area contributed by atoms with Crippen LogP contribution in [0.15, 0.2) is 75.7 Å². The van der Waals surface area contributed by atoms with Crippen molar-refractivity contribution in [2.75, 3.05) is 4.90 Å². The van der Waals surface area contributed by atoms with E-state index in [9.17, 15) is 23.2 Å². The van der Waals surface area contributed by atoms with Crippen LogP contribution in [-0.2, 0) is 4.79 Å². The number of hydrogen-bond acceptors (Lipinski definition) is 5. The quantitative estimate of drug-likeness (QED) is 0.503. The van der Waals surface area contributed by atoms with E-state index in [4.69, 9.17) is 5.73 Å². The van der Waals surface area contributed by atoms with Crippen molar-refractivity contribution in [3.8, 4) is 11.8 Å². The Hall–Kier alpha value is -3.25. The minimum Gasteiger partial charge on any atom is -0.406 e. The summed E-state index contributed by atoms with van der Waals surface area (Å²) in [5, 5.41) is 10.1. The fourth-order valence-electron chi connectivity index (χ4n) is 4.62. The van der Waals surface area contributed by atoms with E-state index in [-0.39, 0.29) is 28.3 Å². The van der Waals surface area contributed by atoms with E-state index in [1.54, 1.807) is 4.90 Å². The fourth-order valence-corrected chi connectivity index (χ4v) is 5.13. The van der Waals surface area contributed by atoms with Crippen LogP contribution in [0.25, 0.3) is 0 Å². The first-order chi connectivity index (χ1) is 15.9. The second kappa shape index (κ2) is 8.51. The molecule has 34 heavy (non-hydrogen) atoms. The number of nitrogens with two attached hydrogens (primary N) is 1. The number of rotatable bonds is 3. The van der Waals surface area contributed by atoms with Crippen LogP contribution < -0.4 is 15.4 Å². The van der Waals surface area contributed by atoms with Crippen molar-refractivity contribution in [3.63, 3.8) is 0 Å². The summed E-state index contributed by atoms with van der Waals surface area (Å²) in [5.41, 5.74) is 8.67. The Kier molecular flexibility index (Phi) is 5.98. The third kappa shape index (κ3) is 4.42. The van der Waals surface area contributed by atoms with E-state index < -0.39 is 12.3 Å². The van der Waals surface area contributed by atoms with Crippen molar-refractivity contribution < 1.29 is 22.7 Å². The summed E-state index contributed by atoms with van der Waals surface area (Å²) < 4.78 is 42.5. The summed E-state index contributed by atoms with van der Waals surface area (Å²) in [4.78, 5) is 15.1. The molecule has 0 radical (unpaired) electrons. The van der Waals surface area contributed by atoms with Crippen LogP contribution in [0.5, 0.6) is 5.75 Å². The molecule has 1 aliphatic heterocycles. The Balaban J connectivity index is 1.91. The molecule has 5 nitrogen and oxygen atoms in total. The smallest absolute Gasteiger partial charge is 0.406 e. The lowest BCUT2D eigenvalue weighted by atomic mass is 9.68. The van der Waals surface area contributed by atoms with Gasteiger partial charge in [-0.25, -0.2) is 0 Å². The maximum atomic E-state index is 13.5. The molecule has 2 N–H and O–H groups in total. The van der Waals surface area contributed by atoms with Crippen LogP contribution in [0.2, 0.25) is 0 Å². The molecule has 0 saturated carbocycles. The SMILES string of the molecule is CC1(C)CC(=O)C2=C(C1)N(c1ccc(OC(F)(F)F)cc1)C(N)=C(C#N)C2c1ccccc1Br. The van der Waals surface area contributed by atoms with Crippen LogP contribution >= 0.6 is 15.9 Å². The molecule has 2 aromatic rings. The van der Waals surface area contributed by atoms with Crippen LogP contribution in [-0.4, -0.2) is 12.1 Å². The standard InChI is InChI=1S/C25H21BrF3N3O2/c1-24(2)11-19-22(20(33)12-24)21(16-5-3-4-6-18(16)26)17(13-30)23(31)32(19)14-7-9-15(10-8-14)34-25(27,28)29/h3-10,21H,11-12,31H2,1-2H3. The van der Waals surface area contributed by atoms with E-state index in [1.165, 1.54) is 24.3 Å².